The molecule has 2 rings (SSSR count). The maximum Gasteiger partial charge on any atom is 0.376 e. The van der Waals surface area contributed by atoms with Crippen LogP contribution in [0.1, 0.15) is 28.2 Å². The van der Waals surface area contributed by atoms with Crippen molar-refractivity contribution in [2.24, 2.45) is 0 Å². The molecule has 0 aliphatic heterocycles. The van der Waals surface area contributed by atoms with E-state index in [-0.39, 0.29) is 5.76 Å². The highest BCUT2D eigenvalue weighted by Gasteiger charge is 2.20. The van der Waals surface area contributed by atoms with E-state index in [1.807, 2.05) is 12.3 Å². The third-order valence-electron chi connectivity index (χ3n) is 2.10. The normalized spacial score (nSPS) is 10.5. The van der Waals surface area contributed by atoms with Gasteiger partial charge >= 0.3 is 5.97 Å². The molecule has 5 nitrogen and oxygen atoms in total. The van der Waals surface area contributed by atoms with Crippen molar-refractivity contribution in [1.29, 1.82) is 0 Å². The molecule has 0 spiro atoms. The lowest BCUT2D eigenvalue weighted by atomic mass is 10.4. The van der Waals surface area contributed by atoms with Crippen molar-refractivity contribution in [3.63, 3.8) is 0 Å². The number of rotatable bonds is 3. The number of aromatic nitrogens is 2. The van der Waals surface area contributed by atoms with Crippen molar-refractivity contribution in [2.45, 2.75) is 20.8 Å². The Morgan fingerprint density at radius 3 is 2.82 bits per heavy atom. The number of hydrogen-bond donors (Lipinski definition) is 0. The summed E-state index contributed by atoms with van der Waals surface area (Å²) >= 11 is 1.51. The maximum absolute atomic E-state index is 11.5. The molecular formula is C11H12N2O3S. The molecule has 0 aliphatic carbocycles. The van der Waals surface area contributed by atoms with E-state index in [1.54, 1.807) is 13.8 Å². The summed E-state index contributed by atoms with van der Waals surface area (Å²) in [5, 5.41) is 2.77. The Bertz CT molecular complexity index is 545. The van der Waals surface area contributed by atoms with Crippen molar-refractivity contribution in [2.75, 3.05) is 6.61 Å². The van der Waals surface area contributed by atoms with Gasteiger partial charge in [-0.3, -0.25) is 0 Å². The Hall–Kier alpha value is -1.69. The number of hydrogen-bond acceptors (Lipinski definition) is 6. The van der Waals surface area contributed by atoms with Gasteiger partial charge in [-0.2, -0.15) is 0 Å². The van der Waals surface area contributed by atoms with Gasteiger partial charge < -0.3 is 9.15 Å². The van der Waals surface area contributed by atoms with E-state index in [9.17, 15) is 4.79 Å². The van der Waals surface area contributed by atoms with Gasteiger partial charge in [0.2, 0.25) is 11.7 Å². The number of carbonyl (C=O) groups excluding carboxylic acids is 1. The van der Waals surface area contributed by atoms with Gasteiger partial charge in [-0.05, 0) is 20.8 Å². The quantitative estimate of drug-likeness (QED) is 0.785. The number of oxazole rings is 1. The van der Waals surface area contributed by atoms with Crippen LogP contribution in [0.4, 0.5) is 0 Å². The Morgan fingerprint density at radius 2 is 2.24 bits per heavy atom. The summed E-state index contributed by atoms with van der Waals surface area (Å²) in [6.07, 6.45) is 0. The number of ether oxygens (including phenoxy) is 1. The molecule has 2 heterocycles. The minimum Gasteiger partial charge on any atom is -0.460 e. The molecule has 0 aliphatic rings. The topological polar surface area (TPSA) is 65.2 Å². The minimum absolute atomic E-state index is 0.146. The molecule has 90 valence electrons. The first-order valence-electron chi connectivity index (χ1n) is 5.19. The molecule has 2 aromatic rings. The highest BCUT2D eigenvalue weighted by atomic mass is 32.1. The molecule has 0 fully saturated rings. The molecule has 0 radical (unpaired) electrons. The molecule has 0 unspecified atom stereocenters. The molecule has 0 bridgehead atoms. The summed E-state index contributed by atoms with van der Waals surface area (Å²) in [5.41, 5.74) is 1.16. The van der Waals surface area contributed by atoms with Crippen LogP contribution in [0.3, 0.4) is 0 Å². The smallest absolute Gasteiger partial charge is 0.376 e. The summed E-state index contributed by atoms with van der Waals surface area (Å²) < 4.78 is 10.3. The number of carbonyl (C=O) groups is 1. The molecule has 0 aromatic carbocycles. The molecule has 0 atom stereocenters. The molecule has 0 saturated carbocycles. The molecule has 17 heavy (non-hydrogen) atoms. The number of thiazole rings is 1. The Morgan fingerprint density at radius 1 is 1.47 bits per heavy atom. The average molecular weight is 252 g/mol. The second kappa shape index (κ2) is 4.67. The van der Waals surface area contributed by atoms with E-state index < -0.39 is 5.97 Å². The van der Waals surface area contributed by atoms with Crippen molar-refractivity contribution in [3.8, 4) is 11.6 Å². The fourth-order valence-electron chi connectivity index (χ4n) is 1.35. The van der Waals surface area contributed by atoms with Gasteiger partial charge in [-0.25, -0.2) is 14.8 Å². The van der Waals surface area contributed by atoms with Gasteiger partial charge in [0.1, 0.15) is 5.69 Å². The fourth-order valence-corrected chi connectivity index (χ4v) is 1.94. The Labute approximate surface area is 102 Å². The summed E-state index contributed by atoms with van der Waals surface area (Å²) in [5.74, 6) is 0.0121. The third kappa shape index (κ3) is 2.36. The lowest BCUT2D eigenvalue weighted by Crippen LogP contribution is -2.04. The summed E-state index contributed by atoms with van der Waals surface area (Å²) in [4.78, 5) is 20.0. The predicted molar refractivity (Wildman–Crippen MR) is 63.0 cm³/mol. The first-order valence-corrected chi connectivity index (χ1v) is 6.06. The zero-order valence-corrected chi connectivity index (χ0v) is 10.6. The lowest BCUT2D eigenvalue weighted by molar-refractivity contribution is 0.0490. The van der Waals surface area contributed by atoms with Crippen LogP contribution in [-0.2, 0) is 4.74 Å². The van der Waals surface area contributed by atoms with Gasteiger partial charge in [-0.1, -0.05) is 0 Å². The molecule has 0 saturated heterocycles. The highest BCUT2D eigenvalue weighted by Crippen LogP contribution is 2.23. The summed E-state index contributed by atoms with van der Waals surface area (Å²) in [7, 11) is 0. The highest BCUT2D eigenvalue weighted by molar-refractivity contribution is 7.09. The summed E-state index contributed by atoms with van der Waals surface area (Å²) in [6, 6.07) is 0. The zero-order valence-electron chi connectivity index (χ0n) is 9.81. The third-order valence-corrected chi connectivity index (χ3v) is 2.87. The van der Waals surface area contributed by atoms with Gasteiger partial charge in [-0.15, -0.1) is 11.3 Å². The lowest BCUT2D eigenvalue weighted by Gasteiger charge is -1.96. The van der Waals surface area contributed by atoms with Gasteiger partial charge in [0.25, 0.3) is 0 Å². The zero-order chi connectivity index (χ0) is 12.4. The van der Waals surface area contributed by atoms with E-state index in [4.69, 9.17) is 9.15 Å². The predicted octanol–water partition coefficient (Wildman–Crippen LogP) is 2.59. The van der Waals surface area contributed by atoms with Crippen LogP contribution >= 0.6 is 11.3 Å². The number of nitrogens with zero attached hydrogens (tertiary/aromatic N) is 2. The van der Waals surface area contributed by atoms with Crippen molar-refractivity contribution >= 4 is 17.3 Å². The largest absolute Gasteiger partial charge is 0.460 e. The minimum atomic E-state index is -0.490. The van der Waals surface area contributed by atoms with Gasteiger partial charge in [0.15, 0.2) is 0 Å². The molecule has 0 amide bonds. The fraction of sp³-hybridized carbons (Fsp3) is 0.364. The van der Waals surface area contributed by atoms with E-state index in [0.717, 1.165) is 5.01 Å². The van der Waals surface area contributed by atoms with Crippen LogP contribution in [0, 0.1) is 13.8 Å². The standard InChI is InChI=1S/C11H12N2O3S/c1-4-15-11(14)9-6(2)12-10(16-9)8-5-17-7(3)13-8/h5H,4H2,1-3H3. The van der Waals surface area contributed by atoms with Crippen LogP contribution in [0.5, 0.6) is 0 Å². The molecule has 0 N–H and O–H groups in total. The summed E-state index contributed by atoms with van der Waals surface area (Å²) in [6.45, 7) is 5.66. The Kier molecular flexibility index (Phi) is 3.23. The van der Waals surface area contributed by atoms with Crippen molar-refractivity contribution in [1.82, 2.24) is 9.97 Å². The first kappa shape index (κ1) is 11.8. The van der Waals surface area contributed by atoms with Crippen LogP contribution in [-0.4, -0.2) is 22.5 Å². The second-order valence-corrected chi connectivity index (χ2v) is 4.47. The molecular weight excluding hydrogens is 240 g/mol. The van der Waals surface area contributed by atoms with Crippen LogP contribution < -0.4 is 0 Å². The van der Waals surface area contributed by atoms with E-state index in [2.05, 4.69) is 9.97 Å². The SMILES string of the molecule is CCOC(=O)c1oc(-c2csc(C)n2)nc1C. The van der Waals surface area contributed by atoms with Crippen molar-refractivity contribution < 1.29 is 13.9 Å². The van der Waals surface area contributed by atoms with E-state index in [0.29, 0.717) is 23.9 Å². The number of esters is 1. The van der Waals surface area contributed by atoms with E-state index >= 15 is 0 Å². The van der Waals surface area contributed by atoms with E-state index in [1.165, 1.54) is 11.3 Å². The Balaban J connectivity index is 2.33. The molecule has 2 aromatic heterocycles. The maximum atomic E-state index is 11.5. The van der Waals surface area contributed by atoms with Gasteiger partial charge in [0, 0.05) is 5.38 Å². The van der Waals surface area contributed by atoms with Crippen molar-refractivity contribution in [3.05, 3.63) is 21.8 Å². The van der Waals surface area contributed by atoms with Crippen LogP contribution in [0.15, 0.2) is 9.80 Å². The first-order chi connectivity index (χ1) is 8.11. The number of aryl methyl sites for hydroxylation is 2. The van der Waals surface area contributed by atoms with Crippen LogP contribution in [0.2, 0.25) is 0 Å². The monoisotopic (exact) mass is 252 g/mol. The average Bonchev–Trinajstić information content (AvgIpc) is 2.85. The second-order valence-electron chi connectivity index (χ2n) is 3.41. The van der Waals surface area contributed by atoms with Gasteiger partial charge in [0.05, 0.1) is 17.3 Å². The van der Waals surface area contributed by atoms with Crippen LogP contribution in [0.25, 0.3) is 11.6 Å². The molecule has 6 heteroatoms.